The Balaban J connectivity index is 1.34. The molecule has 0 radical (unpaired) electrons. The molecule has 0 spiro atoms. The molecule has 4 rings (SSSR count). The molecule has 1 aromatic carbocycles. The highest BCUT2D eigenvalue weighted by Crippen LogP contribution is 2.41. The first-order valence-corrected chi connectivity index (χ1v) is 15.0. The Labute approximate surface area is 251 Å². The molecule has 3 fully saturated rings. The third-order valence-corrected chi connectivity index (χ3v) is 9.56. The second-order valence-corrected chi connectivity index (χ2v) is 12.9. The summed E-state index contributed by atoms with van der Waals surface area (Å²) in [5.74, 6) is -0.611. The molecule has 2 saturated heterocycles. The van der Waals surface area contributed by atoms with Crippen molar-refractivity contribution in [1.82, 2.24) is 14.7 Å². The van der Waals surface area contributed by atoms with Gasteiger partial charge in [-0.15, -0.1) is 0 Å². The minimum Gasteiger partial charge on any atom is -0.480 e. The van der Waals surface area contributed by atoms with Crippen molar-refractivity contribution in [2.75, 3.05) is 31.1 Å². The van der Waals surface area contributed by atoms with Gasteiger partial charge in [-0.25, -0.2) is 0 Å². The Morgan fingerprint density at radius 3 is 2.31 bits per heavy atom. The molecule has 230 valence electrons. The van der Waals surface area contributed by atoms with Crippen molar-refractivity contribution in [1.29, 1.82) is 5.26 Å². The number of aliphatic carboxylic acids is 1. The lowest BCUT2D eigenvalue weighted by Crippen LogP contribution is -2.57. The van der Waals surface area contributed by atoms with E-state index < -0.39 is 28.8 Å². The van der Waals surface area contributed by atoms with Crippen LogP contribution in [0.1, 0.15) is 77.3 Å². The van der Waals surface area contributed by atoms with Gasteiger partial charge in [0.2, 0.25) is 0 Å². The predicted octanol–water partition coefficient (Wildman–Crippen LogP) is 5.11. The number of anilines is 1. The summed E-state index contributed by atoms with van der Waals surface area (Å²) in [6.45, 7) is 10.5. The van der Waals surface area contributed by atoms with Crippen LogP contribution in [0.4, 0.5) is 18.9 Å². The first-order valence-electron chi connectivity index (χ1n) is 14.6. The first-order chi connectivity index (χ1) is 19.6. The molecule has 2 heterocycles. The van der Waals surface area contributed by atoms with Crippen LogP contribution >= 0.6 is 12.2 Å². The second-order valence-electron chi connectivity index (χ2n) is 12.5. The molecule has 1 amide bonds. The van der Waals surface area contributed by atoms with E-state index in [0.29, 0.717) is 5.92 Å². The van der Waals surface area contributed by atoms with E-state index in [1.54, 1.807) is 19.9 Å². The lowest BCUT2D eigenvalue weighted by Gasteiger charge is -2.44. The number of thiocarbonyl (C=S) groups is 1. The van der Waals surface area contributed by atoms with E-state index in [4.69, 9.17) is 17.5 Å². The Morgan fingerprint density at radius 2 is 1.76 bits per heavy atom. The number of piperazine rings is 1. The summed E-state index contributed by atoms with van der Waals surface area (Å²) < 4.78 is 40.8. The normalized spacial score (nSPS) is 27.4. The average Bonchev–Trinajstić information content (AvgIpc) is 3.08. The van der Waals surface area contributed by atoms with Crippen LogP contribution in [0.2, 0.25) is 0 Å². The Bertz CT molecular complexity index is 1230. The molecule has 42 heavy (non-hydrogen) atoms. The molecule has 1 aliphatic carbocycles. The van der Waals surface area contributed by atoms with E-state index in [2.05, 4.69) is 18.7 Å². The fraction of sp³-hybridized carbons (Fsp3) is 0.667. The molecule has 0 aromatic heterocycles. The Kier molecular flexibility index (Phi) is 9.55. The van der Waals surface area contributed by atoms with Crippen LogP contribution in [0.3, 0.4) is 0 Å². The van der Waals surface area contributed by atoms with Gasteiger partial charge in [0.25, 0.3) is 5.91 Å². The van der Waals surface area contributed by atoms with E-state index in [1.165, 1.54) is 11.0 Å². The van der Waals surface area contributed by atoms with Gasteiger partial charge < -0.3 is 14.9 Å². The number of halogens is 3. The molecule has 2 atom stereocenters. The molecule has 1 N–H and O–H groups in total. The van der Waals surface area contributed by atoms with Crippen molar-refractivity contribution in [3.05, 3.63) is 29.3 Å². The fourth-order valence-electron chi connectivity index (χ4n) is 7.07. The third kappa shape index (κ3) is 6.58. The van der Waals surface area contributed by atoms with Crippen molar-refractivity contribution in [3.63, 3.8) is 0 Å². The van der Waals surface area contributed by atoms with Gasteiger partial charge in [-0.3, -0.25) is 19.4 Å². The number of carboxylic acid groups (broad SMARTS) is 1. The average molecular weight is 608 g/mol. The van der Waals surface area contributed by atoms with E-state index in [1.807, 2.05) is 9.80 Å². The molecule has 2 aliphatic heterocycles. The summed E-state index contributed by atoms with van der Waals surface area (Å²) in [6, 6.07) is 5.26. The zero-order valence-electron chi connectivity index (χ0n) is 24.7. The van der Waals surface area contributed by atoms with Crippen LogP contribution in [0.25, 0.3) is 0 Å². The van der Waals surface area contributed by atoms with Gasteiger partial charge in [-0.2, -0.15) is 18.4 Å². The number of benzene rings is 1. The van der Waals surface area contributed by atoms with Gasteiger partial charge in [0.05, 0.1) is 29.4 Å². The minimum atomic E-state index is -4.73. The zero-order valence-corrected chi connectivity index (χ0v) is 25.5. The summed E-state index contributed by atoms with van der Waals surface area (Å²) >= 11 is 5.71. The lowest BCUT2D eigenvalue weighted by molar-refractivity contribution is -0.140. The van der Waals surface area contributed by atoms with E-state index >= 15 is 0 Å². The number of hydrogen-bond donors (Lipinski definition) is 1. The topological polar surface area (TPSA) is 91.1 Å². The second kappa shape index (κ2) is 12.5. The maximum Gasteiger partial charge on any atom is 0.417 e. The molecule has 0 bridgehead atoms. The fourth-order valence-corrected chi connectivity index (χ4v) is 7.63. The number of rotatable bonds is 8. The molecule has 1 saturated carbocycles. The maximum absolute atomic E-state index is 13.6. The van der Waals surface area contributed by atoms with Crippen LogP contribution in [0, 0.1) is 17.2 Å². The summed E-state index contributed by atoms with van der Waals surface area (Å²) in [5, 5.41) is 18.5. The number of carboxylic acids is 1. The summed E-state index contributed by atoms with van der Waals surface area (Å²) in [5.41, 5.74) is -2.56. The number of amides is 1. The van der Waals surface area contributed by atoms with Crippen molar-refractivity contribution in [2.24, 2.45) is 5.92 Å². The maximum atomic E-state index is 13.6. The zero-order chi connectivity index (χ0) is 31.0. The van der Waals surface area contributed by atoms with Gasteiger partial charge in [0.1, 0.15) is 5.54 Å². The standard InChI is InChI=1S/C30H40F3N5O3S/c1-19-16-35(17-20(2)36(19)18-26(39)40)13-5-6-21-7-10-23(11-8-21)38-28(42)37(27(41)29(38,3)4)24-12-9-22(15-34)25(14-24)30(31,32)33/h9,12,14,19-21,23H,5-8,10-11,13,16-18H2,1-4H3,(H,39,40)/t19-,20+,21-,23-. The number of nitriles is 1. The van der Waals surface area contributed by atoms with Gasteiger partial charge in [0.15, 0.2) is 5.11 Å². The molecular weight excluding hydrogens is 567 g/mol. The van der Waals surface area contributed by atoms with Gasteiger partial charge in [-0.05, 0) is 109 Å². The number of hydrogen-bond acceptors (Lipinski definition) is 6. The van der Waals surface area contributed by atoms with E-state index in [9.17, 15) is 27.9 Å². The number of nitrogens with zero attached hydrogens (tertiary/aromatic N) is 5. The number of carbonyl (C=O) groups excluding carboxylic acids is 1. The number of carbonyl (C=O) groups is 2. The molecule has 3 aliphatic rings. The molecule has 0 unspecified atom stereocenters. The molecule has 8 nitrogen and oxygen atoms in total. The summed E-state index contributed by atoms with van der Waals surface area (Å²) in [7, 11) is 0. The first kappa shape index (κ1) is 32.2. The van der Waals surface area contributed by atoms with Crippen molar-refractivity contribution < 1.29 is 27.9 Å². The van der Waals surface area contributed by atoms with Gasteiger partial charge in [0, 0.05) is 31.2 Å². The SMILES string of the molecule is C[C@@H]1CN(CCC[C@H]2CC[C@H](N3C(=S)N(c4ccc(C#N)c(C(F)(F)F)c4)C(=O)C3(C)C)CC2)C[C@H](C)N1CC(=O)O. The van der Waals surface area contributed by atoms with Crippen molar-refractivity contribution in [3.8, 4) is 6.07 Å². The van der Waals surface area contributed by atoms with Crippen molar-refractivity contribution >= 4 is 34.9 Å². The quantitative estimate of drug-likeness (QED) is 0.408. The van der Waals surface area contributed by atoms with E-state index in [0.717, 1.165) is 70.3 Å². The summed E-state index contributed by atoms with van der Waals surface area (Å²) in [4.78, 5) is 32.3. The molecular formula is C30H40F3N5O3S. The van der Waals surface area contributed by atoms with E-state index in [-0.39, 0.29) is 41.4 Å². The Morgan fingerprint density at radius 1 is 1.14 bits per heavy atom. The lowest BCUT2D eigenvalue weighted by atomic mass is 9.82. The predicted molar refractivity (Wildman–Crippen MR) is 157 cm³/mol. The molecule has 12 heteroatoms. The highest BCUT2D eigenvalue weighted by atomic mass is 32.1. The highest BCUT2D eigenvalue weighted by Gasteiger charge is 2.52. The number of alkyl halides is 3. The molecule has 1 aromatic rings. The van der Waals surface area contributed by atoms with Crippen LogP contribution in [0.5, 0.6) is 0 Å². The van der Waals surface area contributed by atoms with Crippen LogP contribution < -0.4 is 4.90 Å². The Hall–Kier alpha value is -2.75. The minimum absolute atomic E-state index is 0.0159. The van der Waals surface area contributed by atoms with Crippen LogP contribution in [-0.2, 0) is 15.8 Å². The monoisotopic (exact) mass is 607 g/mol. The summed E-state index contributed by atoms with van der Waals surface area (Å²) in [6.07, 6.45) is 1.09. The van der Waals surface area contributed by atoms with Crippen LogP contribution in [-0.4, -0.2) is 86.6 Å². The smallest absolute Gasteiger partial charge is 0.417 e. The third-order valence-electron chi connectivity index (χ3n) is 9.18. The highest BCUT2D eigenvalue weighted by molar-refractivity contribution is 7.80. The van der Waals surface area contributed by atoms with Gasteiger partial charge in [-0.1, -0.05) is 0 Å². The van der Waals surface area contributed by atoms with Gasteiger partial charge >= 0.3 is 12.1 Å². The largest absolute Gasteiger partial charge is 0.480 e. The van der Waals surface area contributed by atoms with Crippen LogP contribution in [0.15, 0.2) is 18.2 Å². The van der Waals surface area contributed by atoms with Crippen molar-refractivity contribution in [2.45, 2.75) is 96.1 Å².